The van der Waals surface area contributed by atoms with E-state index < -0.39 is 6.17 Å². The zero-order valence-electron chi connectivity index (χ0n) is 17.5. The Balaban J connectivity index is 1.60. The van der Waals surface area contributed by atoms with E-state index in [2.05, 4.69) is 18.8 Å². The van der Waals surface area contributed by atoms with Crippen LogP contribution in [0.15, 0.2) is 29.3 Å². The highest BCUT2D eigenvalue weighted by atomic mass is 16.2. The Kier molecular flexibility index (Phi) is 5.72. The maximum atomic E-state index is 13.2. The summed E-state index contributed by atoms with van der Waals surface area (Å²) in [6.07, 6.45) is 4.65. The molecule has 1 aromatic carbocycles. The van der Waals surface area contributed by atoms with Crippen molar-refractivity contribution in [3.8, 4) is 0 Å². The number of fused-ring (bicyclic) bond motifs is 5. The number of hydrogen-bond donors (Lipinski definition) is 1. The minimum Gasteiger partial charge on any atom is -0.341 e. The average Bonchev–Trinajstić information content (AvgIpc) is 3.07. The van der Waals surface area contributed by atoms with Crippen molar-refractivity contribution in [1.82, 2.24) is 4.90 Å². The Bertz CT molecular complexity index is 797. The molecular weight excluding hydrogens is 364 g/mol. The number of nitrogens with two attached hydrogens (primary N) is 1. The van der Waals surface area contributed by atoms with E-state index in [9.17, 15) is 9.59 Å². The van der Waals surface area contributed by atoms with Crippen molar-refractivity contribution in [1.29, 1.82) is 0 Å². The quantitative estimate of drug-likeness (QED) is 0.850. The number of carbonyl (C=O) groups is 2. The van der Waals surface area contributed by atoms with E-state index in [0.29, 0.717) is 17.8 Å². The number of aliphatic imine (C=N–C) groups is 1. The lowest BCUT2D eigenvalue weighted by Gasteiger charge is -2.28. The van der Waals surface area contributed by atoms with Crippen LogP contribution in [0.2, 0.25) is 0 Å². The molecule has 2 N–H and O–H groups in total. The van der Waals surface area contributed by atoms with Gasteiger partial charge in [-0.05, 0) is 55.9 Å². The van der Waals surface area contributed by atoms with Crippen LogP contribution in [-0.4, -0.2) is 48.2 Å². The Hall–Kier alpha value is -2.21. The topological polar surface area (TPSA) is 79.0 Å². The van der Waals surface area contributed by atoms with E-state index in [0.717, 1.165) is 36.5 Å². The monoisotopic (exact) mass is 396 g/mol. The number of hydrogen-bond acceptors (Lipinski definition) is 4. The fraction of sp³-hybridized carbons (Fsp3) is 0.609. The molecule has 3 aliphatic heterocycles. The molecule has 0 spiro atoms. The number of benzene rings is 1. The number of para-hydroxylation sites is 1. The first-order valence-electron chi connectivity index (χ1n) is 10.9. The highest BCUT2D eigenvalue weighted by Gasteiger charge is 2.35. The molecule has 6 nitrogen and oxygen atoms in total. The SMILES string of the molecule is CC(C)CC1=N[C@H](N)C(=O)N(CC(=O)N2CC3CCC(CC3)C2)c2ccccc21. The van der Waals surface area contributed by atoms with Crippen LogP contribution in [-0.2, 0) is 9.59 Å². The summed E-state index contributed by atoms with van der Waals surface area (Å²) in [4.78, 5) is 34.4. The molecule has 0 radical (unpaired) electrons. The Morgan fingerprint density at radius 2 is 1.76 bits per heavy atom. The molecule has 6 heteroatoms. The molecule has 156 valence electrons. The summed E-state index contributed by atoms with van der Waals surface area (Å²) in [5.41, 5.74) is 8.65. The highest BCUT2D eigenvalue weighted by molar-refractivity contribution is 6.13. The molecular formula is C23H32N4O2. The van der Waals surface area contributed by atoms with Gasteiger partial charge in [0.1, 0.15) is 6.54 Å². The van der Waals surface area contributed by atoms with Crippen LogP contribution >= 0.6 is 0 Å². The molecule has 1 aliphatic carbocycles. The Labute approximate surface area is 173 Å². The van der Waals surface area contributed by atoms with Crippen LogP contribution in [0.1, 0.15) is 51.5 Å². The third kappa shape index (κ3) is 4.22. The minimum atomic E-state index is -0.968. The number of rotatable bonds is 4. The number of amides is 2. The molecule has 3 heterocycles. The van der Waals surface area contributed by atoms with Crippen LogP contribution in [0.5, 0.6) is 0 Å². The van der Waals surface area contributed by atoms with Crippen molar-refractivity contribution < 1.29 is 9.59 Å². The summed E-state index contributed by atoms with van der Waals surface area (Å²) in [7, 11) is 0. The first-order valence-corrected chi connectivity index (χ1v) is 10.9. The molecule has 0 unspecified atom stereocenters. The molecule has 5 rings (SSSR count). The number of nitrogens with zero attached hydrogens (tertiary/aromatic N) is 3. The van der Waals surface area contributed by atoms with Crippen molar-refractivity contribution in [3.63, 3.8) is 0 Å². The summed E-state index contributed by atoms with van der Waals surface area (Å²) < 4.78 is 0. The summed E-state index contributed by atoms with van der Waals surface area (Å²) in [6, 6.07) is 7.73. The van der Waals surface area contributed by atoms with E-state index in [-0.39, 0.29) is 18.4 Å². The highest BCUT2D eigenvalue weighted by Crippen LogP contribution is 2.34. The third-order valence-corrected chi connectivity index (χ3v) is 6.49. The zero-order chi connectivity index (χ0) is 20.5. The smallest absolute Gasteiger partial charge is 0.266 e. The fourth-order valence-electron chi connectivity index (χ4n) is 4.97. The lowest BCUT2D eigenvalue weighted by atomic mass is 9.84. The summed E-state index contributed by atoms with van der Waals surface area (Å²) in [5, 5.41) is 0. The fourth-order valence-corrected chi connectivity index (χ4v) is 4.97. The normalized spacial score (nSPS) is 26.8. The Morgan fingerprint density at radius 1 is 1.14 bits per heavy atom. The summed E-state index contributed by atoms with van der Waals surface area (Å²) in [6.45, 7) is 5.92. The number of benzodiazepines with no additional fused rings is 1. The predicted octanol–water partition coefficient (Wildman–Crippen LogP) is 2.80. The van der Waals surface area contributed by atoms with Gasteiger partial charge in [-0.1, -0.05) is 32.0 Å². The van der Waals surface area contributed by atoms with Gasteiger partial charge in [0, 0.05) is 24.4 Å². The molecule has 0 aromatic heterocycles. The van der Waals surface area contributed by atoms with Crippen molar-refractivity contribution in [2.75, 3.05) is 24.5 Å². The van der Waals surface area contributed by atoms with Crippen molar-refractivity contribution in [2.24, 2.45) is 28.5 Å². The standard InChI is InChI=1S/C23H32N4O2/c1-15(2)11-19-18-5-3-4-6-20(18)27(23(29)22(24)25-19)14-21(28)26-12-16-7-8-17(13-26)10-9-16/h3-6,15-17,22H,7-14,24H2,1-2H3/t16?,17?,22-/m0/s1. The van der Waals surface area contributed by atoms with Gasteiger partial charge < -0.3 is 10.6 Å². The third-order valence-electron chi connectivity index (χ3n) is 6.49. The second kappa shape index (κ2) is 8.27. The van der Waals surface area contributed by atoms with Gasteiger partial charge in [-0.15, -0.1) is 0 Å². The van der Waals surface area contributed by atoms with Gasteiger partial charge in [0.25, 0.3) is 5.91 Å². The van der Waals surface area contributed by atoms with E-state index in [1.54, 1.807) is 4.90 Å². The largest absolute Gasteiger partial charge is 0.341 e. The van der Waals surface area contributed by atoms with Crippen LogP contribution in [0.25, 0.3) is 0 Å². The Morgan fingerprint density at radius 3 is 2.38 bits per heavy atom. The second-order valence-electron chi connectivity index (χ2n) is 9.25. The van der Waals surface area contributed by atoms with Crippen molar-refractivity contribution >= 4 is 23.2 Å². The van der Waals surface area contributed by atoms with E-state index in [1.165, 1.54) is 25.7 Å². The summed E-state index contributed by atoms with van der Waals surface area (Å²) in [5.74, 6) is 1.32. The maximum Gasteiger partial charge on any atom is 0.266 e. The van der Waals surface area contributed by atoms with Gasteiger partial charge in [0.2, 0.25) is 5.91 Å². The molecule has 2 amide bonds. The average molecular weight is 397 g/mol. The molecule has 1 saturated carbocycles. The van der Waals surface area contributed by atoms with E-state index in [1.807, 2.05) is 29.2 Å². The first-order chi connectivity index (χ1) is 13.9. The van der Waals surface area contributed by atoms with Gasteiger partial charge in [0.15, 0.2) is 6.17 Å². The number of anilines is 1. The van der Waals surface area contributed by atoms with E-state index in [4.69, 9.17) is 5.73 Å². The van der Waals surface area contributed by atoms with Gasteiger partial charge >= 0.3 is 0 Å². The molecule has 29 heavy (non-hydrogen) atoms. The van der Waals surface area contributed by atoms with Crippen LogP contribution in [0, 0.1) is 17.8 Å². The van der Waals surface area contributed by atoms with Crippen LogP contribution in [0.3, 0.4) is 0 Å². The molecule has 2 bridgehead atoms. The molecule has 2 saturated heterocycles. The molecule has 1 aromatic rings. The van der Waals surface area contributed by atoms with Gasteiger partial charge in [-0.25, -0.2) is 0 Å². The minimum absolute atomic E-state index is 0.0199. The first kappa shape index (κ1) is 20.1. The van der Waals surface area contributed by atoms with Crippen LogP contribution < -0.4 is 10.6 Å². The maximum absolute atomic E-state index is 13.2. The molecule has 3 fully saturated rings. The van der Waals surface area contributed by atoms with Crippen molar-refractivity contribution in [2.45, 2.75) is 52.1 Å². The lowest BCUT2D eigenvalue weighted by Crippen LogP contribution is -2.48. The second-order valence-corrected chi connectivity index (χ2v) is 9.25. The number of carbonyl (C=O) groups excluding carboxylic acids is 2. The van der Waals surface area contributed by atoms with E-state index >= 15 is 0 Å². The van der Waals surface area contributed by atoms with Gasteiger partial charge in [0.05, 0.1) is 5.69 Å². The molecule has 1 atom stereocenters. The van der Waals surface area contributed by atoms with Gasteiger partial charge in [-0.2, -0.15) is 0 Å². The van der Waals surface area contributed by atoms with Crippen molar-refractivity contribution in [3.05, 3.63) is 29.8 Å². The van der Waals surface area contributed by atoms with Crippen LogP contribution in [0.4, 0.5) is 5.69 Å². The lowest BCUT2D eigenvalue weighted by molar-refractivity contribution is -0.132. The zero-order valence-corrected chi connectivity index (χ0v) is 17.5. The summed E-state index contributed by atoms with van der Waals surface area (Å²) >= 11 is 0. The predicted molar refractivity (Wildman–Crippen MR) is 115 cm³/mol. The van der Waals surface area contributed by atoms with Gasteiger partial charge in [-0.3, -0.25) is 19.5 Å². The molecule has 4 aliphatic rings.